The minimum Gasteiger partial charge on any atom is -0.456 e. The molecule has 0 unspecified atom stereocenters. The van der Waals surface area contributed by atoms with Gasteiger partial charge < -0.3 is 9.32 Å². The normalized spacial score (nSPS) is 11.6. The molecule has 0 atom stereocenters. The zero-order valence-corrected chi connectivity index (χ0v) is 27.5. The Kier molecular flexibility index (Phi) is 7.42. The van der Waals surface area contributed by atoms with Crippen LogP contribution in [-0.4, -0.2) is 0 Å². The lowest BCUT2D eigenvalue weighted by atomic mass is 9.82. The van der Waals surface area contributed by atoms with Crippen LogP contribution in [0.5, 0.6) is 0 Å². The number of rotatable bonds is 6. The van der Waals surface area contributed by atoms with Gasteiger partial charge in [0.2, 0.25) is 0 Å². The van der Waals surface area contributed by atoms with Gasteiger partial charge in [0.15, 0.2) is 0 Å². The summed E-state index contributed by atoms with van der Waals surface area (Å²) in [6, 6.07) is 60.7. The van der Waals surface area contributed by atoms with Crippen molar-refractivity contribution in [3.8, 4) is 33.4 Å². The summed E-state index contributed by atoms with van der Waals surface area (Å²) in [7, 11) is 0. The number of hydrogen-bond acceptors (Lipinski definition) is 2. The molecule has 0 bridgehead atoms. The van der Waals surface area contributed by atoms with Gasteiger partial charge in [-0.2, -0.15) is 0 Å². The van der Waals surface area contributed by atoms with Gasteiger partial charge in [0.25, 0.3) is 0 Å². The zero-order valence-electron chi connectivity index (χ0n) is 27.5. The summed E-state index contributed by atoms with van der Waals surface area (Å²) in [5.74, 6) is 0. The van der Waals surface area contributed by atoms with Crippen LogP contribution in [0.1, 0.15) is 26.3 Å². The minimum absolute atomic E-state index is 0.140. The maximum Gasteiger partial charge on any atom is 0.137 e. The fraction of sp³-hybridized carbons (Fsp3) is 0.0870. The van der Waals surface area contributed by atoms with Crippen LogP contribution < -0.4 is 4.90 Å². The quantitative estimate of drug-likeness (QED) is 0.184. The number of para-hydroxylation sites is 1. The molecular weight excluding hydrogens is 583 g/mol. The molecule has 8 aromatic rings. The smallest absolute Gasteiger partial charge is 0.137 e. The molecule has 0 amide bonds. The van der Waals surface area contributed by atoms with E-state index >= 15 is 0 Å². The van der Waals surface area contributed by atoms with Crippen LogP contribution in [0.2, 0.25) is 0 Å². The van der Waals surface area contributed by atoms with E-state index in [1.165, 1.54) is 38.9 Å². The fourth-order valence-electron chi connectivity index (χ4n) is 6.82. The molecule has 0 spiro atoms. The summed E-state index contributed by atoms with van der Waals surface area (Å²) >= 11 is 0. The Morgan fingerprint density at radius 2 is 0.958 bits per heavy atom. The molecule has 2 heteroatoms. The minimum atomic E-state index is -0.140. The van der Waals surface area contributed by atoms with Crippen LogP contribution in [0.4, 0.5) is 17.1 Å². The molecule has 2 nitrogen and oxygen atoms in total. The van der Waals surface area contributed by atoms with Crippen molar-refractivity contribution in [1.82, 2.24) is 0 Å². The lowest BCUT2D eigenvalue weighted by molar-refractivity contribution is 0.591. The molecule has 8 rings (SSSR count). The van der Waals surface area contributed by atoms with E-state index in [0.29, 0.717) is 0 Å². The van der Waals surface area contributed by atoms with Crippen LogP contribution in [0, 0.1) is 0 Å². The Hall–Kier alpha value is -5.86. The van der Waals surface area contributed by atoms with Crippen molar-refractivity contribution in [2.75, 3.05) is 4.90 Å². The predicted molar refractivity (Wildman–Crippen MR) is 203 cm³/mol. The molecule has 1 heterocycles. The Morgan fingerprint density at radius 1 is 0.417 bits per heavy atom. The topological polar surface area (TPSA) is 16.4 Å². The van der Waals surface area contributed by atoms with E-state index < -0.39 is 0 Å². The highest BCUT2D eigenvalue weighted by Crippen LogP contribution is 2.45. The van der Waals surface area contributed by atoms with Crippen LogP contribution in [-0.2, 0) is 5.41 Å². The van der Waals surface area contributed by atoms with Crippen LogP contribution in [0.15, 0.2) is 174 Å². The average molecular weight is 620 g/mol. The molecule has 232 valence electrons. The highest BCUT2D eigenvalue weighted by molar-refractivity contribution is 6.06. The summed E-state index contributed by atoms with van der Waals surface area (Å²) < 4.78 is 6.39. The van der Waals surface area contributed by atoms with E-state index in [0.717, 1.165) is 39.0 Å². The average Bonchev–Trinajstić information content (AvgIpc) is 3.50. The van der Waals surface area contributed by atoms with Crippen molar-refractivity contribution < 1.29 is 4.42 Å². The number of fused-ring (bicyclic) bond motifs is 3. The zero-order chi connectivity index (χ0) is 32.7. The molecule has 48 heavy (non-hydrogen) atoms. The molecule has 1 aromatic heterocycles. The van der Waals surface area contributed by atoms with Crippen molar-refractivity contribution in [3.05, 3.63) is 175 Å². The Bertz CT molecular complexity index is 2360. The third kappa shape index (κ3) is 5.46. The third-order valence-corrected chi connectivity index (χ3v) is 9.22. The van der Waals surface area contributed by atoms with Gasteiger partial charge in [-0.05, 0) is 86.8 Å². The first-order chi connectivity index (χ1) is 23.4. The Morgan fingerprint density at radius 3 is 1.67 bits per heavy atom. The number of benzene rings is 7. The Balaban J connectivity index is 1.32. The SMILES string of the molecule is CC(C)(C)c1cc(-c2ccccc2-c2ccccc2)ccc1N(c1ccc(-c2ccccc2)cc1)c1ccc2c(c1)oc1ccccc12. The second-order valence-corrected chi connectivity index (χ2v) is 13.4. The lowest BCUT2D eigenvalue weighted by Gasteiger charge is -2.32. The van der Waals surface area contributed by atoms with E-state index in [9.17, 15) is 0 Å². The van der Waals surface area contributed by atoms with Gasteiger partial charge in [-0.3, -0.25) is 0 Å². The van der Waals surface area contributed by atoms with Gasteiger partial charge in [0, 0.05) is 33.9 Å². The number of furan rings is 1. The molecule has 7 aromatic carbocycles. The molecule has 0 aliphatic rings. The number of anilines is 3. The maximum absolute atomic E-state index is 6.39. The van der Waals surface area contributed by atoms with Crippen molar-refractivity contribution in [2.24, 2.45) is 0 Å². The van der Waals surface area contributed by atoms with E-state index in [-0.39, 0.29) is 5.41 Å². The van der Waals surface area contributed by atoms with Crippen molar-refractivity contribution >= 4 is 39.0 Å². The van der Waals surface area contributed by atoms with Gasteiger partial charge in [0.1, 0.15) is 11.2 Å². The van der Waals surface area contributed by atoms with E-state index in [2.05, 4.69) is 183 Å². The molecule has 0 N–H and O–H groups in total. The summed E-state index contributed by atoms with van der Waals surface area (Å²) in [5, 5.41) is 2.26. The number of hydrogen-bond donors (Lipinski definition) is 0. The molecule has 0 saturated heterocycles. The van der Waals surface area contributed by atoms with E-state index in [1.807, 2.05) is 12.1 Å². The van der Waals surface area contributed by atoms with Crippen LogP contribution in [0.3, 0.4) is 0 Å². The third-order valence-electron chi connectivity index (χ3n) is 9.22. The first kappa shape index (κ1) is 29.5. The fourth-order valence-corrected chi connectivity index (χ4v) is 6.82. The molecule has 0 fully saturated rings. The molecular formula is C46H37NO. The van der Waals surface area contributed by atoms with Gasteiger partial charge >= 0.3 is 0 Å². The molecule has 0 saturated carbocycles. The molecule has 0 radical (unpaired) electrons. The summed E-state index contributed by atoms with van der Waals surface area (Å²) in [6.45, 7) is 6.91. The standard InChI is InChI=1S/C46H37NO/c1-46(2,3)42-30-35(39-19-11-10-18-38(39)34-16-8-5-9-17-34)24-29-43(42)47(36-25-22-33(23-26-36)32-14-6-4-7-15-32)37-27-28-41-40-20-12-13-21-44(40)48-45(41)31-37/h4-31H,1-3H3. The van der Waals surface area contributed by atoms with Gasteiger partial charge in [-0.15, -0.1) is 0 Å². The van der Waals surface area contributed by atoms with Crippen molar-refractivity contribution in [3.63, 3.8) is 0 Å². The predicted octanol–water partition coefficient (Wildman–Crippen LogP) is 13.4. The Labute approximate surface area is 282 Å². The lowest BCUT2D eigenvalue weighted by Crippen LogP contribution is -2.19. The van der Waals surface area contributed by atoms with Crippen molar-refractivity contribution in [2.45, 2.75) is 26.2 Å². The molecule has 0 aliphatic heterocycles. The van der Waals surface area contributed by atoms with Crippen LogP contribution in [0.25, 0.3) is 55.3 Å². The summed E-state index contributed by atoms with van der Waals surface area (Å²) in [4.78, 5) is 2.38. The first-order valence-electron chi connectivity index (χ1n) is 16.6. The summed E-state index contributed by atoms with van der Waals surface area (Å²) in [5.41, 5.74) is 13.5. The van der Waals surface area contributed by atoms with E-state index in [4.69, 9.17) is 4.42 Å². The van der Waals surface area contributed by atoms with Gasteiger partial charge in [-0.25, -0.2) is 0 Å². The first-order valence-corrected chi connectivity index (χ1v) is 16.6. The van der Waals surface area contributed by atoms with Gasteiger partial charge in [0.05, 0.1) is 0 Å². The highest BCUT2D eigenvalue weighted by atomic mass is 16.3. The maximum atomic E-state index is 6.39. The largest absolute Gasteiger partial charge is 0.456 e. The molecule has 0 aliphatic carbocycles. The van der Waals surface area contributed by atoms with Gasteiger partial charge in [-0.1, -0.05) is 142 Å². The second kappa shape index (κ2) is 12.1. The van der Waals surface area contributed by atoms with E-state index in [1.54, 1.807) is 0 Å². The highest BCUT2D eigenvalue weighted by Gasteiger charge is 2.25. The summed E-state index contributed by atoms with van der Waals surface area (Å²) in [6.07, 6.45) is 0. The second-order valence-electron chi connectivity index (χ2n) is 13.4. The van der Waals surface area contributed by atoms with Crippen molar-refractivity contribution in [1.29, 1.82) is 0 Å². The van der Waals surface area contributed by atoms with Crippen LogP contribution >= 0.6 is 0 Å². The number of nitrogens with zero attached hydrogens (tertiary/aromatic N) is 1. The monoisotopic (exact) mass is 619 g/mol.